The minimum atomic E-state index is -4.57. The van der Waals surface area contributed by atoms with Crippen molar-refractivity contribution in [1.82, 2.24) is 4.98 Å². The summed E-state index contributed by atoms with van der Waals surface area (Å²) in [6, 6.07) is 5.15. The molecule has 0 aliphatic carbocycles. The van der Waals surface area contributed by atoms with Crippen molar-refractivity contribution in [1.29, 1.82) is 5.26 Å². The summed E-state index contributed by atoms with van der Waals surface area (Å²) in [4.78, 5) is 16.2. The molecule has 1 heterocycles. The monoisotopic (exact) mass is 383 g/mol. The molecule has 9 heteroatoms. The van der Waals surface area contributed by atoms with Gasteiger partial charge in [-0.25, -0.2) is 9.78 Å². The average Bonchev–Trinajstić information content (AvgIpc) is 2.91. The molecule has 0 radical (unpaired) electrons. The van der Waals surface area contributed by atoms with Crippen LogP contribution in [0.25, 0.3) is 0 Å². The Morgan fingerprint density at radius 3 is 2.62 bits per heavy atom. The molecule has 138 valence electrons. The van der Waals surface area contributed by atoms with Crippen LogP contribution in [0.3, 0.4) is 0 Å². The Kier molecular flexibility index (Phi) is 5.56. The van der Waals surface area contributed by atoms with Gasteiger partial charge in [0.05, 0.1) is 17.2 Å². The molecule has 2 aromatic rings. The summed E-state index contributed by atoms with van der Waals surface area (Å²) >= 11 is 1.06. The number of carbonyl (C=O) groups excluding carboxylic acids is 1. The lowest BCUT2D eigenvalue weighted by Gasteiger charge is -2.18. The van der Waals surface area contributed by atoms with E-state index in [-0.39, 0.29) is 22.7 Å². The van der Waals surface area contributed by atoms with Gasteiger partial charge in [-0.15, -0.1) is 11.3 Å². The number of nitrogens with one attached hydrogen (secondary N) is 1. The standard InChI is InChI=1S/C17H16F3N3O2S/c1-16(2,3)25-15(24)23-14-22-9-12(26-14)7-11-5-4-10(8-21)6-13(11)17(18,19)20/h4-6,9H,7H2,1-3H3,(H,22,23,24). The molecule has 0 fully saturated rings. The van der Waals surface area contributed by atoms with Crippen LogP contribution in [0.4, 0.5) is 23.1 Å². The number of rotatable bonds is 3. The third-order valence-corrected chi connectivity index (χ3v) is 3.98. The summed E-state index contributed by atoms with van der Waals surface area (Å²) < 4.78 is 44.7. The SMILES string of the molecule is CC(C)(C)OC(=O)Nc1ncc(Cc2ccc(C#N)cc2C(F)(F)F)s1. The van der Waals surface area contributed by atoms with Gasteiger partial charge in [-0.3, -0.25) is 5.32 Å². The zero-order valence-electron chi connectivity index (χ0n) is 14.3. The second-order valence-corrected chi connectivity index (χ2v) is 7.53. The Morgan fingerprint density at radius 1 is 1.35 bits per heavy atom. The number of halogens is 3. The molecule has 0 atom stereocenters. The first-order chi connectivity index (χ1) is 12.0. The van der Waals surface area contributed by atoms with Crippen molar-refractivity contribution < 1.29 is 22.7 Å². The first-order valence-corrected chi connectivity index (χ1v) is 8.34. The van der Waals surface area contributed by atoms with Crippen LogP contribution in [0.1, 0.15) is 42.3 Å². The molecule has 0 saturated heterocycles. The maximum absolute atomic E-state index is 13.2. The highest BCUT2D eigenvalue weighted by molar-refractivity contribution is 7.15. The third-order valence-electron chi connectivity index (χ3n) is 3.07. The zero-order chi connectivity index (χ0) is 19.5. The van der Waals surface area contributed by atoms with E-state index in [0.717, 1.165) is 17.4 Å². The van der Waals surface area contributed by atoms with E-state index in [1.54, 1.807) is 26.8 Å². The summed E-state index contributed by atoms with van der Waals surface area (Å²) in [6.45, 7) is 5.14. The summed E-state index contributed by atoms with van der Waals surface area (Å²) in [6.07, 6.45) is -3.87. The van der Waals surface area contributed by atoms with E-state index in [4.69, 9.17) is 10.00 Å². The fourth-order valence-corrected chi connectivity index (χ4v) is 2.91. The predicted octanol–water partition coefficient (Wildman–Crippen LogP) is 4.97. The molecule has 0 spiro atoms. The maximum Gasteiger partial charge on any atom is 0.416 e. The van der Waals surface area contributed by atoms with Gasteiger partial charge in [0.2, 0.25) is 0 Å². The van der Waals surface area contributed by atoms with E-state index < -0.39 is 23.4 Å². The first-order valence-electron chi connectivity index (χ1n) is 7.53. The number of hydrogen-bond acceptors (Lipinski definition) is 5. The molecular weight excluding hydrogens is 367 g/mol. The van der Waals surface area contributed by atoms with E-state index in [1.165, 1.54) is 18.3 Å². The number of thiazole rings is 1. The molecule has 0 saturated carbocycles. The van der Waals surface area contributed by atoms with Gasteiger partial charge >= 0.3 is 12.3 Å². The number of alkyl halides is 3. The molecule has 0 aliphatic rings. The third kappa shape index (κ3) is 5.46. The van der Waals surface area contributed by atoms with Crippen LogP contribution in [0.15, 0.2) is 24.4 Å². The second-order valence-electron chi connectivity index (χ2n) is 6.42. The van der Waals surface area contributed by atoms with Gasteiger partial charge in [0.1, 0.15) is 5.60 Å². The average molecular weight is 383 g/mol. The van der Waals surface area contributed by atoms with Crippen LogP contribution < -0.4 is 5.32 Å². The largest absolute Gasteiger partial charge is 0.444 e. The smallest absolute Gasteiger partial charge is 0.416 e. The van der Waals surface area contributed by atoms with Gasteiger partial charge in [-0.05, 0) is 38.5 Å². The van der Waals surface area contributed by atoms with Crippen molar-refractivity contribution in [2.45, 2.75) is 39.0 Å². The lowest BCUT2D eigenvalue weighted by molar-refractivity contribution is -0.138. The quantitative estimate of drug-likeness (QED) is 0.812. The van der Waals surface area contributed by atoms with Crippen LogP contribution >= 0.6 is 11.3 Å². The molecule has 2 rings (SSSR count). The Morgan fingerprint density at radius 2 is 2.04 bits per heavy atom. The van der Waals surface area contributed by atoms with Gasteiger partial charge in [-0.2, -0.15) is 18.4 Å². The lowest BCUT2D eigenvalue weighted by atomic mass is 10.0. The normalized spacial score (nSPS) is 11.7. The molecule has 1 amide bonds. The molecule has 0 unspecified atom stereocenters. The summed E-state index contributed by atoms with van der Waals surface area (Å²) in [5.41, 5.74) is -1.55. The second kappa shape index (κ2) is 7.33. The maximum atomic E-state index is 13.2. The Hall–Kier alpha value is -2.60. The summed E-state index contributed by atoms with van der Waals surface area (Å²) in [5, 5.41) is 11.5. The number of amides is 1. The van der Waals surface area contributed by atoms with E-state index in [2.05, 4.69) is 10.3 Å². The molecule has 1 N–H and O–H groups in total. The number of nitriles is 1. The molecule has 5 nitrogen and oxygen atoms in total. The van der Waals surface area contributed by atoms with Crippen LogP contribution in [0.2, 0.25) is 0 Å². The predicted molar refractivity (Wildman–Crippen MR) is 90.9 cm³/mol. The summed E-state index contributed by atoms with van der Waals surface area (Å²) in [7, 11) is 0. The lowest BCUT2D eigenvalue weighted by Crippen LogP contribution is -2.27. The first kappa shape index (κ1) is 19.7. The fourth-order valence-electron chi connectivity index (χ4n) is 2.09. The van der Waals surface area contributed by atoms with Gasteiger partial charge in [0, 0.05) is 17.5 Å². The number of hydrogen-bond donors (Lipinski definition) is 1. The fraction of sp³-hybridized carbons (Fsp3) is 0.353. The van der Waals surface area contributed by atoms with E-state index in [9.17, 15) is 18.0 Å². The Balaban J connectivity index is 2.17. The molecule has 0 bridgehead atoms. The highest BCUT2D eigenvalue weighted by Gasteiger charge is 2.33. The van der Waals surface area contributed by atoms with Crippen molar-refractivity contribution in [2.24, 2.45) is 0 Å². The van der Waals surface area contributed by atoms with Crippen LogP contribution in [0.5, 0.6) is 0 Å². The Labute approximate surface area is 152 Å². The van der Waals surface area contributed by atoms with E-state index in [1.807, 2.05) is 0 Å². The minimum Gasteiger partial charge on any atom is -0.444 e. The number of anilines is 1. The van der Waals surface area contributed by atoms with E-state index >= 15 is 0 Å². The van der Waals surface area contributed by atoms with Crippen molar-refractivity contribution >= 4 is 22.6 Å². The number of ether oxygens (including phenoxy) is 1. The molecule has 26 heavy (non-hydrogen) atoms. The van der Waals surface area contributed by atoms with Gasteiger partial charge in [-0.1, -0.05) is 6.07 Å². The number of nitrogens with zero attached hydrogens (tertiary/aromatic N) is 2. The van der Waals surface area contributed by atoms with Crippen molar-refractivity contribution in [2.75, 3.05) is 5.32 Å². The highest BCUT2D eigenvalue weighted by atomic mass is 32.1. The molecular formula is C17H16F3N3O2S. The van der Waals surface area contributed by atoms with Crippen LogP contribution in [-0.2, 0) is 17.3 Å². The van der Waals surface area contributed by atoms with Crippen LogP contribution in [0, 0.1) is 11.3 Å². The van der Waals surface area contributed by atoms with Crippen molar-refractivity contribution in [3.05, 3.63) is 46.0 Å². The molecule has 1 aromatic heterocycles. The van der Waals surface area contributed by atoms with Gasteiger partial charge in [0.25, 0.3) is 0 Å². The van der Waals surface area contributed by atoms with Gasteiger partial charge < -0.3 is 4.74 Å². The number of benzene rings is 1. The number of aromatic nitrogens is 1. The summed E-state index contributed by atoms with van der Waals surface area (Å²) in [5.74, 6) is 0. The topological polar surface area (TPSA) is 75.0 Å². The Bertz CT molecular complexity index is 848. The van der Waals surface area contributed by atoms with E-state index in [0.29, 0.717) is 4.88 Å². The van der Waals surface area contributed by atoms with Crippen molar-refractivity contribution in [3.8, 4) is 6.07 Å². The molecule has 1 aromatic carbocycles. The minimum absolute atomic E-state index is 0.0196. The highest BCUT2D eigenvalue weighted by Crippen LogP contribution is 2.34. The molecule has 0 aliphatic heterocycles. The zero-order valence-corrected chi connectivity index (χ0v) is 15.1. The van der Waals surface area contributed by atoms with Crippen molar-refractivity contribution in [3.63, 3.8) is 0 Å². The van der Waals surface area contributed by atoms with Crippen LogP contribution in [-0.4, -0.2) is 16.7 Å². The number of carbonyl (C=O) groups is 1. The van der Waals surface area contributed by atoms with Gasteiger partial charge in [0.15, 0.2) is 5.13 Å².